The molecule has 2 aromatic carbocycles. The van der Waals surface area contributed by atoms with Crippen LogP contribution < -0.4 is 0 Å². The average molecular weight is 422 g/mol. The summed E-state index contributed by atoms with van der Waals surface area (Å²) in [4.78, 5) is 4.16. The van der Waals surface area contributed by atoms with Crippen molar-refractivity contribution in [2.24, 2.45) is 0 Å². The van der Waals surface area contributed by atoms with E-state index in [1.54, 1.807) is 21.0 Å². The van der Waals surface area contributed by atoms with Crippen molar-refractivity contribution in [3.8, 4) is 0 Å². The monoisotopic (exact) mass is 421 g/mol. The summed E-state index contributed by atoms with van der Waals surface area (Å²) < 4.78 is 30.5. The summed E-state index contributed by atoms with van der Waals surface area (Å²) in [7, 11) is -3.64. The van der Waals surface area contributed by atoms with Gasteiger partial charge in [-0.1, -0.05) is 61.5 Å². The van der Waals surface area contributed by atoms with E-state index < -0.39 is 10.2 Å². The first-order valence-corrected chi connectivity index (χ1v) is 11.7. The molecule has 156 valence electrons. The van der Waals surface area contributed by atoms with Crippen molar-refractivity contribution in [3.63, 3.8) is 0 Å². The normalized spacial score (nSPS) is 14.6. The minimum absolute atomic E-state index is 0.295. The molecule has 30 heavy (non-hydrogen) atoms. The minimum atomic E-state index is -3.64. The maximum Gasteiger partial charge on any atom is 0.282 e. The Morgan fingerprint density at radius 3 is 2.30 bits per heavy atom. The van der Waals surface area contributed by atoms with E-state index in [1.165, 1.54) is 11.1 Å². The van der Waals surface area contributed by atoms with Gasteiger partial charge in [-0.05, 0) is 46.7 Å². The number of fused-ring (bicyclic) bond motifs is 1. The van der Waals surface area contributed by atoms with E-state index in [1.807, 2.05) is 42.5 Å². The van der Waals surface area contributed by atoms with Crippen LogP contribution in [0.3, 0.4) is 0 Å². The zero-order valence-electron chi connectivity index (χ0n) is 17.2. The largest absolute Gasteiger partial charge is 0.282 e. The molecule has 1 aliphatic rings. The molecule has 0 aliphatic carbocycles. The van der Waals surface area contributed by atoms with Gasteiger partial charge in [-0.3, -0.25) is 4.98 Å². The van der Waals surface area contributed by atoms with Crippen LogP contribution in [0.15, 0.2) is 73.1 Å². The van der Waals surface area contributed by atoms with Crippen molar-refractivity contribution in [2.45, 2.75) is 39.4 Å². The summed E-state index contributed by atoms with van der Waals surface area (Å²) in [5.41, 5.74) is 5.42. The van der Waals surface area contributed by atoms with Gasteiger partial charge >= 0.3 is 0 Å². The molecule has 0 fully saturated rings. The number of aromatic nitrogens is 1. The third-order valence-corrected chi connectivity index (χ3v) is 7.50. The molecule has 0 bridgehead atoms. The highest BCUT2D eigenvalue weighted by Crippen LogP contribution is 2.25. The summed E-state index contributed by atoms with van der Waals surface area (Å²) in [6.45, 7) is 3.65. The Kier molecular flexibility index (Phi) is 6.27. The van der Waals surface area contributed by atoms with Crippen LogP contribution in [-0.4, -0.2) is 28.6 Å². The third kappa shape index (κ3) is 4.61. The lowest BCUT2D eigenvalue weighted by molar-refractivity contribution is 0.316. The van der Waals surface area contributed by atoms with Crippen molar-refractivity contribution in [3.05, 3.63) is 101 Å². The Labute approximate surface area is 179 Å². The lowest BCUT2D eigenvalue weighted by Crippen LogP contribution is -2.45. The highest BCUT2D eigenvalue weighted by atomic mass is 32.2. The molecular weight excluding hydrogens is 394 g/mol. The number of rotatable bonds is 7. The van der Waals surface area contributed by atoms with Gasteiger partial charge < -0.3 is 0 Å². The first kappa shape index (κ1) is 20.7. The van der Waals surface area contributed by atoms with Gasteiger partial charge in [0.1, 0.15) is 0 Å². The molecule has 0 N–H and O–H groups in total. The summed E-state index contributed by atoms with van der Waals surface area (Å²) >= 11 is 0. The van der Waals surface area contributed by atoms with E-state index in [9.17, 15) is 8.42 Å². The van der Waals surface area contributed by atoms with Gasteiger partial charge in [0, 0.05) is 38.6 Å². The fourth-order valence-electron chi connectivity index (χ4n) is 3.83. The van der Waals surface area contributed by atoms with Crippen molar-refractivity contribution >= 4 is 10.2 Å². The van der Waals surface area contributed by atoms with Crippen molar-refractivity contribution in [2.75, 3.05) is 6.54 Å². The molecule has 2 heterocycles. The molecule has 0 spiro atoms. The zero-order chi connectivity index (χ0) is 21.0. The van der Waals surface area contributed by atoms with E-state index >= 15 is 0 Å². The van der Waals surface area contributed by atoms with Gasteiger partial charge in [0.2, 0.25) is 0 Å². The molecule has 3 aromatic rings. The van der Waals surface area contributed by atoms with Gasteiger partial charge in [0.05, 0.1) is 0 Å². The van der Waals surface area contributed by atoms with Crippen molar-refractivity contribution in [1.82, 2.24) is 13.6 Å². The molecule has 0 unspecified atom stereocenters. The molecule has 4 rings (SSSR count). The van der Waals surface area contributed by atoms with Crippen LogP contribution in [0.5, 0.6) is 0 Å². The Bertz CT molecular complexity index is 1080. The molecule has 1 aromatic heterocycles. The Morgan fingerprint density at radius 1 is 0.900 bits per heavy atom. The lowest BCUT2D eigenvalue weighted by atomic mass is 10.0. The van der Waals surface area contributed by atoms with Gasteiger partial charge in [0.15, 0.2) is 0 Å². The average Bonchev–Trinajstić information content (AvgIpc) is 2.79. The zero-order valence-corrected chi connectivity index (χ0v) is 18.1. The molecule has 0 radical (unpaired) electrons. The summed E-state index contributed by atoms with van der Waals surface area (Å²) in [6.07, 6.45) is 5.13. The first-order valence-electron chi connectivity index (χ1n) is 10.3. The second-order valence-electron chi connectivity index (χ2n) is 7.66. The maximum atomic E-state index is 13.7. The SMILES string of the molecule is CCc1ccc(CN(Cc2cccnc2)S(=O)(=O)N2CCc3ccccc3C2)cc1. The number of hydrogen-bond acceptors (Lipinski definition) is 3. The van der Waals surface area contributed by atoms with Gasteiger partial charge in [-0.15, -0.1) is 0 Å². The van der Waals surface area contributed by atoms with Crippen LogP contribution in [0.4, 0.5) is 0 Å². The van der Waals surface area contributed by atoms with Crippen LogP contribution >= 0.6 is 0 Å². The molecular formula is C24H27N3O2S. The highest BCUT2D eigenvalue weighted by Gasteiger charge is 2.32. The Morgan fingerprint density at radius 2 is 1.60 bits per heavy atom. The Hall–Kier alpha value is -2.54. The van der Waals surface area contributed by atoms with E-state index in [0.717, 1.165) is 29.5 Å². The van der Waals surface area contributed by atoms with E-state index in [0.29, 0.717) is 26.2 Å². The fourth-order valence-corrected chi connectivity index (χ4v) is 5.40. The molecule has 0 saturated heterocycles. The van der Waals surface area contributed by atoms with Gasteiger partial charge in [0.25, 0.3) is 10.2 Å². The summed E-state index contributed by atoms with van der Waals surface area (Å²) in [5.74, 6) is 0. The smallest absolute Gasteiger partial charge is 0.264 e. The van der Waals surface area contributed by atoms with Crippen LogP contribution in [0.1, 0.15) is 34.7 Å². The second kappa shape index (κ2) is 9.08. The number of benzene rings is 2. The van der Waals surface area contributed by atoms with E-state index in [-0.39, 0.29) is 0 Å². The number of aryl methyl sites for hydroxylation is 1. The standard InChI is InChI=1S/C24H27N3O2S/c1-2-20-9-11-21(12-10-20)17-27(18-22-6-5-14-25-16-22)30(28,29)26-15-13-23-7-3-4-8-24(23)19-26/h3-12,14,16H,2,13,15,17-19H2,1H3. The lowest BCUT2D eigenvalue weighted by Gasteiger charge is -2.33. The van der Waals surface area contributed by atoms with Gasteiger partial charge in [-0.2, -0.15) is 17.0 Å². The molecule has 5 nitrogen and oxygen atoms in total. The number of pyridine rings is 1. The molecule has 0 saturated carbocycles. The van der Waals surface area contributed by atoms with Crippen LogP contribution in [0, 0.1) is 0 Å². The quantitative estimate of drug-likeness (QED) is 0.580. The van der Waals surface area contributed by atoms with Crippen molar-refractivity contribution < 1.29 is 8.42 Å². The number of hydrogen-bond donors (Lipinski definition) is 0. The summed E-state index contributed by atoms with van der Waals surface area (Å²) in [6, 6.07) is 20.0. The predicted molar refractivity (Wildman–Crippen MR) is 119 cm³/mol. The van der Waals surface area contributed by atoms with Crippen molar-refractivity contribution in [1.29, 1.82) is 0 Å². The number of nitrogens with zero attached hydrogens (tertiary/aromatic N) is 3. The van der Waals surface area contributed by atoms with Crippen LogP contribution in [0.25, 0.3) is 0 Å². The molecule has 6 heteroatoms. The van der Waals surface area contributed by atoms with Crippen LogP contribution in [-0.2, 0) is 42.7 Å². The molecule has 1 aliphatic heterocycles. The highest BCUT2D eigenvalue weighted by molar-refractivity contribution is 7.86. The molecule has 0 atom stereocenters. The molecule has 0 amide bonds. The third-order valence-electron chi connectivity index (χ3n) is 5.62. The van der Waals surface area contributed by atoms with Gasteiger partial charge in [-0.25, -0.2) is 0 Å². The van der Waals surface area contributed by atoms with E-state index in [2.05, 4.69) is 30.1 Å². The summed E-state index contributed by atoms with van der Waals surface area (Å²) in [5, 5.41) is 0. The first-order chi connectivity index (χ1) is 14.6. The fraction of sp³-hybridized carbons (Fsp3) is 0.292. The topological polar surface area (TPSA) is 53.5 Å². The second-order valence-corrected chi connectivity index (χ2v) is 9.59. The van der Waals surface area contributed by atoms with Crippen LogP contribution in [0.2, 0.25) is 0 Å². The maximum absolute atomic E-state index is 13.7. The Balaban J connectivity index is 1.61. The minimum Gasteiger partial charge on any atom is -0.264 e. The van der Waals surface area contributed by atoms with E-state index in [4.69, 9.17) is 0 Å². The predicted octanol–water partition coefficient (Wildman–Crippen LogP) is 3.95.